The molecule has 1 heterocycles. The molecule has 0 aliphatic rings. The fourth-order valence-electron chi connectivity index (χ4n) is 1.61. The monoisotopic (exact) mass is 246 g/mol. The van der Waals surface area contributed by atoms with Crippen molar-refractivity contribution in [1.29, 1.82) is 0 Å². The van der Waals surface area contributed by atoms with E-state index in [1.807, 2.05) is 24.3 Å². The van der Waals surface area contributed by atoms with Crippen molar-refractivity contribution in [1.82, 2.24) is 4.98 Å². The lowest BCUT2D eigenvalue weighted by atomic mass is 10.2. The molecule has 4 heteroatoms. The summed E-state index contributed by atoms with van der Waals surface area (Å²) >= 11 is 0. The van der Waals surface area contributed by atoms with E-state index >= 15 is 0 Å². The zero-order valence-electron chi connectivity index (χ0n) is 10.2. The number of halogens is 1. The SMILES string of the molecule is CCc1ccc(Oc2ncc(F)cc2CN)cc1. The standard InChI is InChI=1S/C14H15FN2O/c1-2-10-3-5-13(6-4-10)18-14-11(8-16)7-12(15)9-17-14/h3-7,9H,2,8,16H2,1H3. The lowest BCUT2D eigenvalue weighted by Crippen LogP contribution is -2.02. The second-order valence-corrected chi connectivity index (χ2v) is 3.92. The maximum atomic E-state index is 13.0. The van der Waals surface area contributed by atoms with Gasteiger partial charge in [-0.3, -0.25) is 0 Å². The van der Waals surface area contributed by atoms with Gasteiger partial charge in [-0.25, -0.2) is 9.37 Å². The highest BCUT2D eigenvalue weighted by atomic mass is 19.1. The number of pyridine rings is 1. The molecular formula is C14H15FN2O. The van der Waals surface area contributed by atoms with Crippen LogP contribution >= 0.6 is 0 Å². The largest absolute Gasteiger partial charge is 0.439 e. The van der Waals surface area contributed by atoms with Crippen LogP contribution in [0.25, 0.3) is 0 Å². The number of hydrogen-bond acceptors (Lipinski definition) is 3. The normalized spacial score (nSPS) is 10.4. The maximum absolute atomic E-state index is 13.0. The minimum absolute atomic E-state index is 0.188. The highest BCUT2D eigenvalue weighted by Gasteiger charge is 2.07. The molecule has 18 heavy (non-hydrogen) atoms. The summed E-state index contributed by atoms with van der Waals surface area (Å²) < 4.78 is 18.6. The van der Waals surface area contributed by atoms with Crippen molar-refractivity contribution in [3.05, 3.63) is 53.5 Å². The van der Waals surface area contributed by atoms with Gasteiger partial charge in [0.05, 0.1) is 6.20 Å². The summed E-state index contributed by atoms with van der Waals surface area (Å²) in [7, 11) is 0. The molecule has 0 fully saturated rings. The van der Waals surface area contributed by atoms with Gasteiger partial charge in [-0.2, -0.15) is 0 Å². The summed E-state index contributed by atoms with van der Waals surface area (Å²) in [5.74, 6) is 0.605. The fourth-order valence-corrected chi connectivity index (χ4v) is 1.61. The first-order valence-electron chi connectivity index (χ1n) is 5.84. The molecule has 3 nitrogen and oxygen atoms in total. The number of aryl methyl sites for hydroxylation is 1. The van der Waals surface area contributed by atoms with E-state index in [2.05, 4.69) is 11.9 Å². The summed E-state index contributed by atoms with van der Waals surface area (Å²) in [6, 6.07) is 9.04. The summed E-state index contributed by atoms with van der Waals surface area (Å²) in [4.78, 5) is 3.91. The predicted octanol–water partition coefficient (Wildman–Crippen LogP) is 3.03. The second-order valence-electron chi connectivity index (χ2n) is 3.92. The number of rotatable bonds is 4. The van der Waals surface area contributed by atoms with Crippen LogP contribution in [0.2, 0.25) is 0 Å². The predicted molar refractivity (Wildman–Crippen MR) is 68.0 cm³/mol. The molecule has 0 radical (unpaired) electrons. The first-order chi connectivity index (χ1) is 8.72. The first-order valence-corrected chi connectivity index (χ1v) is 5.84. The van der Waals surface area contributed by atoms with Gasteiger partial charge in [-0.15, -0.1) is 0 Å². The van der Waals surface area contributed by atoms with E-state index in [9.17, 15) is 4.39 Å². The van der Waals surface area contributed by atoms with Crippen molar-refractivity contribution in [2.24, 2.45) is 5.73 Å². The van der Waals surface area contributed by atoms with Crippen LogP contribution in [0, 0.1) is 5.82 Å². The molecule has 1 aromatic heterocycles. The van der Waals surface area contributed by atoms with E-state index in [0.29, 0.717) is 17.2 Å². The third-order valence-electron chi connectivity index (χ3n) is 2.66. The van der Waals surface area contributed by atoms with Crippen molar-refractivity contribution in [3.8, 4) is 11.6 Å². The Labute approximate surface area is 105 Å². The van der Waals surface area contributed by atoms with Crippen LogP contribution in [0.3, 0.4) is 0 Å². The molecule has 0 saturated carbocycles. The molecule has 94 valence electrons. The van der Waals surface area contributed by atoms with Crippen LogP contribution in [0.15, 0.2) is 36.5 Å². The van der Waals surface area contributed by atoms with Crippen LogP contribution in [0.4, 0.5) is 4.39 Å². The average Bonchev–Trinajstić information content (AvgIpc) is 2.41. The molecule has 1 aromatic carbocycles. The van der Waals surface area contributed by atoms with Crippen molar-refractivity contribution in [2.75, 3.05) is 0 Å². The van der Waals surface area contributed by atoms with Crippen LogP contribution < -0.4 is 10.5 Å². The number of aromatic nitrogens is 1. The zero-order chi connectivity index (χ0) is 13.0. The summed E-state index contributed by atoms with van der Waals surface area (Å²) in [5, 5.41) is 0. The molecule has 0 bridgehead atoms. The highest BCUT2D eigenvalue weighted by molar-refractivity contribution is 5.34. The van der Waals surface area contributed by atoms with Gasteiger partial charge in [0.1, 0.15) is 11.6 Å². The molecule has 2 N–H and O–H groups in total. The molecule has 0 saturated heterocycles. The maximum Gasteiger partial charge on any atom is 0.223 e. The molecule has 0 amide bonds. The van der Waals surface area contributed by atoms with Crippen LogP contribution in [0.1, 0.15) is 18.1 Å². The summed E-state index contributed by atoms with van der Waals surface area (Å²) in [6.07, 6.45) is 2.10. The second kappa shape index (κ2) is 5.60. The molecule has 0 unspecified atom stereocenters. The molecule has 2 rings (SSSR count). The lowest BCUT2D eigenvalue weighted by molar-refractivity contribution is 0.452. The van der Waals surface area contributed by atoms with E-state index in [1.165, 1.54) is 11.6 Å². The van der Waals surface area contributed by atoms with E-state index in [4.69, 9.17) is 10.5 Å². The van der Waals surface area contributed by atoms with E-state index in [-0.39, 0.29) is 6.54 Å². The van der Waals surface area contributed by atoms with E-state index in [1.54, 1.807) is 0 Å². The highest BCUT2D eigenvalue weighted by Crippen LogP contribution is 2.23. The third-order valence-corrected chi connectivity index (χ3v) is 2.66. The number of ether oxygens (including phenoxy) is 1. The van der Waals surface area contributed by atoms with Crippen LogP contribution in [-0.2, 0) is 13.0 Å². The quantitative estimate of drug-likeness (QED) is 0.902. The van der Waals surface area contributed by atoms with Crippen LogP contribution in [0.5, 0.6) is 11.6 Å². The minimum Gasteiger partial charge on any atom is -0.439 e. The number of benzene rings is 1. The van der Waals surface area contributed by atoms with E-state index < -0.39 is 5.82 Å². The van der Waals surface area contributed by atoms with Crippen molar-refractivity contribution in [2.45, 2.75) is 19.9 Å². The molecule has 0 spiro atoms. The van der Waals surface area contributed by atoms with Crippen molar-refractivity contribution < 1.29 is 9.13 Å². The van der Waals surface area contributed by atoms with Gasteiger partial charge in [-0.05, 0) is 30.2 Å². The molecule has 2 aromatic rings. The minimum atomic E-state index is -0.413. The number of nitrogens with zero attached hydrogens (tertiary/aromatic N) is 1. The van der Waals surface area contributed by atoms with Gasteiger partial charge < -0.3 is 10.5 Å². The lowest BCUT2D eigenvalue weighted by Gasteiger charge is -2.09. The fraction of sp³-hybridized carbons (Fsp3) is 0.214. The van der Waals surface area contributed by atoms with Crippen molar-refractivity contribution >= 4 is 0 Å². The molecule has 0 aliphatic heterocycles. The Morgan fingerprint density at radius 3 is 2.61 bits per heavy atom. The van der Waals surface area contributed by atoms with Gasteiger partial charge in [0.25, 0.3) is 0 Å². The van der Waals surface area contributed by atoms with Gasteiger partial charge in [-0.1, -0.05) is 19.1 Å². The third kappa shape index (κ3) is 2.84. The Balaban J connectivity index is 2.22. The van der Waals surface area contributed by atoms with Gasteiger partial charge in [0, 0.05) is 12.1 Å². The van der Waals surface area contributed by atoms with Gasteiger partial charge in [0.15, 0.2) is 0 Å². The van der Waals surface area contributed by atoms with Gasteiger partial charge >= 0.3 is 0 Å². The Morgan fingerprint density at radius 2 is 2.00 bits per heavy atom. The first kappa shape index (κ1) is 12.5. The van der Waals surface area contributed by atoms with Gasteiger partial charge in [0.2, 0.25) is 5.88 Å². The number of hydrogen-bond donors (Lipinski definition) is 1. The van der Waals surface area contributed by atoms with Crippen molar-refractivity contribution in [3.63, 3.8) is 0 Å². The topological polar surface area (TPSA) is 48.1 Å². The summed E-state index contributed by atoms with van der Waals surface area (Å²) in [6.45, 7) is 2.27. The Morgan fingerprint density at radius 1 is 1.28 bits per heavy atom. The Kier molecular flexibility index (Phi) is 3.89. The smallest absolute Gasteiger partial charge is 0.223 e. The summed E-state index contributed by atoms with van der Waals surface area (Å²) in [5.41, 5.74) is 7.31. The Hall–Kier alpha value is -1.94. The Bertz CT molecular complexity index is 526. The zero-order valence-corrected chi connectivity index (χ0v) is 10.2. The number of nitrogens with two attached hydrogens (primary N) is 1. The molecule has 0 aliphatic carbocycles. The molecular weight excluding hydrogens is 231 g/mol. The van der Waals surface area contributed by atoms with Crippen LogP contribution in [-0.4, -0.2) is 4.98 Å². The average molecular weight is 246 g/mol. The molecule has 0 atom stereocenters. The van der Waals surface area contributed by atoms with E-state index in [0.717, 1.165) is 12.6 Å².